The number of aliphatic hydroxyl groups is 2. The molecule has 0 spiro atoms. The highest BCUT2D eigenvalue weighted by Crippen LogP contribution is 2.08. The van der Waals surface area contributed by atoms with Crippen molar-refractivity contribution in [2.45, 2.75) is 13.2 Å². The molecule has 3 N–H and O–H groups in total. The summed E-state index contributed by atoms with van der Waals surface area (Å²) in [6, 6.07) is 0. The number of nitrogens with one attached hydrogen (secondary N) is 1. The Hall–Kier alpha value is -1.07. The van der Waals surface area contributed by atoms with Gasteiger partial charge < -0.3 is 14.6 Å². The van der Waals surface area contributed by atoms with E-state index in [-0.39, 0.29) is 11.5 Å². The Kier molecular flexibility index (Phi) is 1.60. The SMILES string of the molecule is Cc1oc(=O)[nH]c1C(O)O. The third kappa shape index (κ3) is 1.09. The van der Waals surface area contributed by atoms with Crippen molar-refractivity contribution in [1.29, 1.82) is 0 Å². The van der Waals surface area contributed by atoms with Crippen molar-refractivity contribution < 1.29 is 14.6 Å². The van der Waals surface area contributed by atoms with Crippen LogP contribution in [0.5, 0.6) is 0 Å². The van der Waals surface area contributed by atoms with Gasteiger partial charge in [-0.1, -0.05) is 0 Å². The number of rotatable bonds is 1. The molecule has 56 valence electrons. The highest BCUT2D eigenvalue weighted by Gasteiger charge is 2.10. The normalized spacial score (nSPS) is 10.8. The number of aromatic nitrogens is 1. The molecule has 1 aromatic heterocycles. The first kappa shape index (κ1) is 7.04. The van der Waals surface area contributed by atoms with Gasteiger partial charge in [-0.3, -0.25) is 4.98 Å². The molecule has 1 heterocycles. The summed E-state index contributed by atoms with van der Waals surface area (Å²) in [5.41, 5.74) is 0.00463. The van der Waals surface area contributed by atoms with E-state index in [0.717, 1.165) is 0 Å². The molecule has 0 bridgehead atoms. The summed E-state index contributed by atoms with van der Waals surface area (Å²) in [6.07, 6.45) is -1.67. The molecule has 0 aliphatic heterocycles. The molecule has 0 atom stereocenters. The highest BCUT2D eigenvalue weighted by atomic mass is 16.5. The third-order valence-electron chi connectivity index (χ3n) is 1.12. The van der Waals surface area contributed by atoms with Crippen LogP contribution < -0.4 is 5.76 Å². The van der Waals surface area contributed by atoms with Gasteiger partial charge in [0.25, 0.3) is 0 Å². The number of aromatic amines is 1. The fraction of sp³-hybridized carbons (Fsp3) is 0.400. The van der Waals surface area contributed by atoms with E-state index in [1.54, 1.807) is 0 Å². The Morgan fingerprint density at radius 3 is 2.40 bits per heavy atom. The van der Waals surface area contributed by atoms with Gasteiger partial charge >= 0.3 is 5.76 Å². The minimum atomic E-state index is -1.67. The van der Waals surface area contributed by atoms with Crippen LogP contribution in [0.2, 0.25) is 0 Å². The van der Waals surface area contributed by atoms with Crippen molar-refractivity contribution in [3.05, 3.63) is 22.0 Å². The lowest BCUT2D eigenvalue weighted by atomic mass is 10.4. The number of aryl methyl sites for hydroxylation is 1. The Morgan fingerprint density at radius 2 is 2.20 bits per heavy atom. The van der Waals surface area contributed by atoms with Crippen molar-refractivity contribution in [1.82, 2.24) is 4.98 Å². The summed E-state index contributed by atoms with van der Waals surface area (Å²) in [6.45, 7) is 1.46. The van der Waals surface area contributed by atoms with Crippen LogP contribution >= 0.6 is 0 Å². The summed E-state index contributed by atoms with van der Waals surface area (Å²) >= 11 is 0. The molecule has 0 aliphatic carbocycles. The van der Waals surface area contributed by atoms with Crippen molar-refractivity contribution in [3.63, 3.8) is 0 Å². The van der Waals surface area contributed by atoms with Gasteiger partial charge in [0.05, 0.1) is 0 Å². The second-order valence-corrected chi connectivity index (χ2v) is 1.86. The zero-order chi connectivity index (χ0) is 7.72. The summed E-state index contributed by atoms with van der Waals surface area (Å²) in [5, 5.41) is 17.1. The predicted molar refractivity (Wildman–Crippen MR) is 31.2 cm³/mol. The van der Waals surface area contributed by atoms with Crippen LogP contribution in [0.1, 0.15) is 17.7 Å². The molecule has 1 rings (SSSR count). The maximum atomic E-state index is 10.4. The maximum absolute atomic E-state index is 10.4. The molecular weight excluding hydrogens is 138 g/mol. The van der Waals surface area contributed by atoms with Gasteiger partial charge in [-0.25, -0.2) is 4.79 Å². The van der Waals surface area contributed by atoms with Crippen LogP contribution in [0.3, 0.4) is 0 Å². The molecule has 0 saturated heterocycles. The van der Waals surface area contributed by atoms with Gasteiger partial charge in [0, 0.05) is 0 Å². The number of oxazole rings is 1. The molecule has 5 nitrogen and oxygen atoms in total. The van der Waals surface area contributed by atoms with E-state index in [1.807, 2.05) is 0 Å². The zero-order valence-corrected chi connectivity index (χ0v) is 5.29. The first-order valence-electron chi connectivity index (χ1n) is 2.67. The molecule has 1 aromatic rings. The smallest absolute Gasteiger partial charge is 0.413 e. The van der Waals surface area contributed by atoms with E-state index in [4.69, 9.17) is 10.2 Å². The molecule has 0 unspecified atom stereocenters. The molecule has 0 fully saturated rings. The average Bonchev–Trinajstić information content (AvgIpc) is 2.10. The maximum Gasteiger partial charge on any atom is 0.416 e. The Labute approximate surface area is 55.9 Å². The monoisotopic (exact) mass is 145 g/mol. The van der Waals surface area contributed by atoms with Gasteiger partial charge in [0.2, 0.25) is 0 Å². The fourth-order valence-corrected chi connectivity index (χ4v) is 0.664. The fourth-order valence-electron chi connectivity index (χ4n) is 0.664. The topological polar surface area (TPSA) is 86.5 Å². The van der Waals surface area contributed by atoms with Gasteiger partial charge in [-0.15, -0.1) is 0 Å². The lowest BCUT2D eigenvalue weighted by Crippen LogP contribution is -2.01. The van der Waals surface area contributed by atoms with Gasteiger partial charge in [0.1, 0.15) is 11.5 Å². The lowest BCUT2D eigenvalue weighted by molar-refractivity contribution is -0.0464. The molecule has 0 saturated carbocycles. The van der Waals surface area contributed by atoms with E-state index in [0.29, 0.717) is 0 Å². The van der Waals surface area contributed by atoms with E-state index in [9.17, 15) is 4.79 Å². The van der Waals surface area contributed by atoms with Crippen LogP contribution in [0.15, 0.2) is 9.21 Å². The minimum Gasteiger partial charge on any atom is -0.413 e. The molecular formula is C5H7NO4. The molecule has 0 aromatic carbocycles. The summed E-state index contributed by atoms with van der Waals surface area (Å²) in [5.74, 6) is -0.486. The van der Waals surface area contributed by atoms with Crippen molar-refractivity contribution in [2.24, 2.45) is 0 Å². The average molecular weight is 145 g/mol. The second kappa shape index (κ2) is 2.28. The Morgan fingerprint density at radius 1 is 1.60 bits per heavy atom. The summed E-state index contributed by atoms with van der Waals surface area (Å²) in [7, 11) is 0. The van der Waals surface area contributed by atoms with E-state index in [2.05, 4.69) is 9.40 Å². The van der Waals surface area contributed by atoms with Crippen LogP contribution in [0.4, 0.5) is 0 Å². The number of hydrogen-bond acceptors (Lipinski definition) is 4. The minimum absolute atomic E-state index is 0.00463. The Balaban J connectivity index is 3.15. The summed E-state index contributed by atoms with van der Waals surface area (Å²) in [4.78, 5) is 12.5. The van der Waals surface area contributed by atoms with Crippen molar-refractivity contribution in [3.8, 4) is 0 Å². The van der Waals surface area contributed by atoms with Crippen LogP contribution in [-0.4, -0.2) is 15.2 Å². The number of hydrogen-bond donors (Lipinski definition) is 3. The number of H-pyrrole nitrogens is 1. The standard InChI is InChI=1S/C5H7NO4/c1-2-3(4(7)8)6-5(9)10-2/h4,7-8H,1H3,(H,6,9). The predicted octanol–water partition coefficient (Wildman–Crippen LogP) is -0.740. The van der Waals surface area contributed by atoms with Gasteiger partial charge in [-0.2, -0.15) is 0 Å². The molecule has 10 heavy (non-hydrogen) atoms. The van der Waals surface area contributed by atoms with Crippen LogP contribution in [-0.2, 0) is 0 Å². The van der Waals surface area contributed by atoms with Gasteiger partial charge in [-0.05, 0) is 6.92 Å². The first-order valence-corrected chi connectivity index (χ1v) is 2.67. The van der Waals surface area contributed by atoms with E-state index < -0.39 is 12.0 Å². The molecule has 0 amide bonds. The molecule has 5 heteroatoms. The summed E-state index contributed by atoms with van der Waals surface area (Å²) < 4.78 is 4.44. The van der Waals surface area contributed by atoms with Crippen molar-refractivity contribution in [2.75, 3.05) is 0 Å². The molecule has 0 aliphatic rings. The first-order chi connectivity index (χ1) is 4.61. The number of aliphatic hydroxyl groups excluding tert-OH is 1. The van der Waals surface area contributed by atoms with Gasteiger partial charge in [0.15, 0.2) is 6.29 Å². The van der Waals surface area contributed by atoms with E-state index in [1.165, 1.54) is 6.92 Å². The highest BCUT2D eigenvalue weighted by molar-refractivity contribution is 5.05. The van der Waals surface area contributed by atoms with Crippen LogP contribution in [0.25, 0.3) is 0 Å². The van der Waals surface area contributed by atoms with Crippen LogP contribution in [0, 0.1) is 6.92 Å². The quantitative estimate of drug-likeness (QED) is 0.454. The lowest BCUT2D eigenvalue weighted by Gasteiger charge is -1.96. The van der Waals surface area contributed by atoms with E-state index >= 15 is 0 Å². The Bertz CT molecular complexity index is 271. The third-order valence-corrected chi connectivity index (χ3v) is 1.12. The largest absolute Gasteiger partial charge is 0.416 e. The molecule has 0 radical (unpaired) electrons. The second-order valence-electron chi connectivity index (χ2n) is 1.86. The van der Waals surface area contributed by atoms with Crippen molar-refractivity contribution >= 4 is 0 Å². The zero-order valence-electron chi connectivity index (χ0n) is 5.29.